The lowest BCUT2D eigenvalue weighted by atomic mass is 10.0. The van der Waals surface area contributed by atoms with Gasteiger partial charge in [-0.2, -0.15) is 10.2 Å². The lowest BCUT2D eigenvalue weighted by Gasteiger charge is -2.35. The number of likely N-dealkylation sites (tertiary alicyclic amines) is 1. The first kappa shape index (κ1) is 15.1. The number of hydrogen-bond donors (Lipinski definition) is 0. The molecule has 3 heterocycles. The van der Waals surface area contributed by atoms with Gasteiger partial charge in [0.1, 0.15) is 12.7 Å². The molecule has 0 spiro atoms. The van der Waals surface area contributed by atoms with Gasteiger partial charge < -0.3 is 0 Å². The average molecular weight is 322 g/mol. The molecule has 6 heteroatoms. The molecule has 124 valence electrons. The SMILES string of the molecule is c1cnn(-c2ccc(CN3CCCC[C@@H]3Cn3cncn3)cc2)c1. The molecule has 4 rings (SSSR count). The highest BCUT2D eigenvalue weighted by Crippen LogP contribution is 2.21. The predicted octanol–water partition coefficient (Wildman–Crippen LogP) is 2.52. The monoisotopic (exact) mass is 322 g/mol. The summed E-state index contributed by atoms with van der Waals surface area (Å²) in [7, 11) is 0. The van der Waals surface area contributed by atoms with Crippen molar-refractivity contribution in [1.82, 2.24) is 29.4 Å². The first-order chi connectivity index (χ1) is 11.9. The van der Waals surface area contributed by atoms with Crippen LogP contribution >= 0.6 is 0 Å². The fraction of sp³-hybridized carbons (Fsp3) is 0.389. The van der Waals surface area contributed by atoms with E-state index >= 15 is 0 Å². The van der Waals surface area contributed by atoms with Crippen LogP contribution in [0.3, 0.4) is 0 Å². The summed E-state index contributed by atoms with van der Waals surface area (Å²) < 4.78 is 3.84. The normalized spacial score (nSPS) is 18.8. The third-order valence-electron chi connectivity index (χ3n) is 4.70. The minimum absolute atomic E-state index is 0.534. The summed E-state index contributed by atoms with van der Waals surface area (Å²) in [4.78, 5) is 6.63. The van der Waals surface area contributed by atoms with Crippen LogP contribution in [0.25, 0.3) is 5.69 Å². The summed E-state index contributed by atoms with van der Waals surface area (Å²) in [6.45, 7) is 3.06. The Bertz CT molecular complexity index is 732. The van der Waals surface area contributed by atoms with E-state index in [0.717, 1.165) is 25.3 Å². The number of nitrogens with zero attached hydrogens (tertiary/aromatic N) is 6. The molecule has 3 aromatic rings. The van der Waals surface area contributed by atoms with E-state index in [-0.39, 0.29) is 0 Å². The summed E-state index contributed by atoms with van der Waals surface area (Å²) in [5.41, 5.74) is 2.44. The van der Waals surface area contributed by atoms with Crippen LogP contribution in [0.15, 0.2) is 55.4 Å². The van der Waals surface area contributed by atoms with Crippen LogP contribution in [-0.4, -0.2) is 42.0 Å². The molecule has 0 aliphatic carbocycles. The van der Waals surface area contributed by atoms with Crippen molar-refractivity contribution in [2.24, 2.45) is 0 Å². The van der Waals surface area contributed by atoms with E-state index < -0.39 is 0 Å². The molecule has 1 fully saturated rings. The van der Waals surface area contributed by atoms with Gasteiger partial charge >= 0.3 is 0 Å². The molecule has 0 amide bonds. The van der Waals surface area contributed by atoms with E-state index in [0.29, 0.717) is 6.04 Å². The third-order valence-corrected chi connectivity index (χ3v) is 4.70. The molecule has 2 aromatic heterocycles. The molecule has 0 radical (unpaired) electrons. The van der Waals surface area contributed by atoms with E-state index in [1.165, 1.54) is 24.8 Å². The number of rotatable bonds is 5. The Hall–Kier alpha value is -2.47. The Balaban J connectivity index is 1.44. The Labute approximate surface area is 141 Å². The van der Waals surface area contributed by atoms with Gasteiger partial charge in [0.05, 0.1) is 12.2 Å². The number of piperidine rings is 1. The van der Waals surface area contributed by atoms with Gasteiger partial charge in [0, 0.05) is 25.0 Å². The maximum absolute atomic E-state index is 4.28. The first-order valence-corrected chi connectivity index (χ1v) is 8.54. The van der Waals surface area contributed by atoms with Gasteiger partial charge in [-0.3, -0.25) is 9.58 Å². The van der Waals surface area contributed by atoms with E-state index in [2.05, 4.69) is 44.3 Å². The van der Waals surface area contributed by atoms with Crippen LogP contribution in [0.5, 0.6) is 0 Å². The second kappa shape index (κ2) is 6.97. The lowest BCUT2D eigenvalue weighted by Crippen LogP contribution is -2.41. The molecule has 0 N–H and O–H groups in total. The summed E-state index contributed by atoms with van der Waals surface area (Å²) in [5, 5.41) is 8.54. The van der Waals surface area contributed by atoms with Crippen molar-refractivity contribution in [1.29, 1.82) is 0 Å². The van der Waals surface area contributed by atoms with Crippen molar-refractivity contribution in [3.8, 4) is 5.69 Å². The summed E-state index contributed by atoms with van der Waals surface area (Å²) in [6.07, 6.45) is 11.0. The minimum Gasteiger partial charge on any atom is -0.294 e. The van der Waals surface area contributed by atoms with Crippen LogP contribution in [0, 0.1) is 0 Å². The van der Waals surface area contributed by atoms with Crippen LogP contribution in [0.4, 0.5) is 0 Å². The van der Waals surface area contributed by atoms with Crippen molar-refractivity contribution in [2.75, 3.05) is 6.54 Å². The van der Waals surface area contributed by atoms with Gasteiger partial charge in [0.2, 0.25) is 0 Å². The second-order valence-corrected chi connectivity index (χ2v) is 6.35. The van der Waals surface area contributed by atoms with Gasteiger partial charge in [0.25, 0.3) is 0 Å². The van der Waals surface area contributed by atoms with Crippen molar-refractivity contribution in [3.63, 3.8) is 0 Å². The molecule has 1 atom stereocenters. The highest BCUT2D eigenvalue weighted by atomic mass is 15.3. The van der Waals surface area contributed by atoms with Crippen LogP contribution in [0.1, 0.15) is 24.8 Å². The second-order valence-electron chi connectivity index (χ2n) is 6.35. The van der Waals surface area contributed by atoms with E-state index in [4.69, 9.17) is 0 Å². The van der Waals surface area contributed by atoms with Crippen LogP contribution < -0.4 is 0 Å². The highest BCUT2D eigenvalue weighted by molar-refractivity contribution is 5.33. The summed E-state index contributed by atoms with van der Waals surface area (Å²) in [5.74, 6) is 0. The molecule has 0 unspecified atom stereocenters. The maximum atomic E-state index is 4.28. The summed E-state index contributed by atoms with van der Waals surface area (Å²) >= 11 is 0. The Morgan fingerprint density at radius 1 is 1.08 bits per heavy atom. The van der Waals surface area contributed by atoms with E-state index in [1.54, 1.807) is 12.5 Å². The predicted molar refractivity (Wildman–Crippen MR) is 91.6 cm³/mol. The van der Waals surface area contributed by atoms with Crippen LogP contribution in [0.2, 0.25) is 0 Å². The molecular formula is C18H22N6. The van der Waals surface area contributed by atoms with Crippen LogP contribution in [-0.2, 0) is 13.1 Å². The third kappa shape index (κ3) is 3.38. The average Bonchev–Trinajstić information content (AvgIpc) is 3.31. The van der Waals surface area contributed by atoms with E-state index in [9.17, 15) is 0 Å². The number of aromatic nitrogens is 5. The zero-order valence-corrected chi connectivity index (χ0v) is 13.7. The zero-order chi connectivity index (χ0) is 16.2. The van der Waals surface area contributed by atoms with Gasteiger partial charge in [-0.25, -0.2) is 9.67 Å². The summed E-state index contributed by atoms with van der Waals surface area (Å²) in [6, 6.07) is 11.2. The number of hydrogen-bond acceptors (Lipinski definition) is 4. The van der Waals surface area contributed by atoms with Gasteiger partial charge in [0.15, 0.2) is 0 Å². The largest absolute Gasteiger partial charge is 0.294 e. The van der Waals surface area contributed by atoms with Gasteiger partial charge in [-0.05, 0) is 43.1 Å². The molecule has 6 nitrogen and oxygen atoms in total. The van der Waals surface area contributed by atoms with E-state index in [1.807, 2.05) is 28.0 Å². The fourth-order valence-corrected chi connectivity index (χ4v) is 3.43. The molecular weight excluding hydrogens is 300 g/mol. The lowest BCUT2D eigenvalue weighted by molar-refractivity contribution is 0.122. The molecule has 1 aliphatic heterocycles. The molecule has 1 aliphatic rings. The Morgan fingerprint density at radius 2 is 2.00 bits per heavy atom. The van der Waals surface area contributed by atoms with Gasteiger partial charge in [-0.1, -0.05) is 18.6 Å². The molecule has 0 bridgehead atoms. The van der Waals surface area contributed by atoms with Crippen molar-refractivity contribution < 1.29 is 0 Å². The topological polar surface area (TPSA) is 51.8 Å². The molecule has 0 saturated carbocycles. The zero-order valence-electron chi connectivity index (χ0n) is 13.7. The van der Waals surface area contributed by atoms with Gasteiger partial charge in [-0.15, -0.1) is 0 Å². The van der Waals surface area contributed by atoms with Crippen molar-refractivity contribution >= 4 is 0 Å². The molecule has 24 heavy (non-hydrogen) atoms. The molecule has 1 aromatic carbocycles. The fourth-order valence-electron chi connectivity index (χ4n) is 3.43. The van der Waals surface area contributed by atoms with Crippen molar-refractivity contribution in [2.45, 2.75) is 38.4 Å². The minimum atomic E-state index is 0.534. The first-order valence-electron chi connectivity index (χ1n) is 8.54. The molecule has 1 saturated heterocycles. The highest BCUT2D eigenvalue weighted by Gasteiger charge is 2.23. The quantitative estimate of drug-likeness (QED) is 0.724. The maximum Gasteiger partial charge on any atom is 0.137 e. The smallest absolute Gasteiger partial charge is 0.137 e. The van der Waals surface area contributed by atoms with Crippen molar-refractivity contribution in [3.05, 3.63) is 60.9 Å². The Morgan fingerprint density at radius 3 is 2.75 bits per heavy atom. The standard InChI is InChI=1S/C18H22N6/c1-2-10-22(18(4-1)13-23-15-19-14-21-23)12-16-5-7-17(8-6-16)24-11-3-9-20-24/h3,5-9,11,14-15,18H,1-2,4,10,12-13H2/t18-/m1/s1. The number of benzene rings is 1. The Kier molecular flexibility index (Phi) is 4.38.